The molecule has 0 saturated carbocycles. The van der Waals surface area contributed by atoms with E-state index >= 15 is 0 Å². The summed E-state index contributed by atoms with van der Waals surface area (Å²) in [5.41, 5.74) is 2.17. The lowest BCUT2D eigenvalue weighted by Gasteiger charge is -2.08. The number of para-hydroxylation sites is 1. The predicted molar refractivity (Wildman–Crippen MR) is 85.9 cm³/mol. The van der Waals surface area contributed by atoms with Crippen LogP contribution < -0.4 is 4.74 Å². The molecule has 106 valence electrons. The molecule has 0 aliphatic rings. The Morgan fingerprint density at radius 2 is 1.68 bits per heavy atom. The summed E-state index contributed by atoms with van der Waals surface area (Å²) >= 11 is 5.89. The highest BCUT2D eigenvalue weighted by atomic mass is 35.5. The summed E-state index contributed by atoms with van der Waals surface area (Å²) < 4.78 is 5.66. The summed E-state index contributed by atoms with van der Waals surface area (Å²) in [5.74, 6) is 0.942. The molecule has 2 aromatic carbocycles. The van der Waals surface area contributed by atoms with E-state index in [1.165, 1.54) is 0 Å². The fraction of sp³-hybridized carbons (Fsp3) is 0. The van der Waals surface area contributed by atoms with E-state index in [0.717, 1.165) is 11.1 Å². The van der Waals surface area contributed by atoms with E-state index in [0.29, 0.717) is 22.2 Å². The number of pyridine rings is 1. The first kappa shape index (κ1) is 14.1. The summed E-state index contributed by atoms with van der Waals surface area (Å²) in [6.45, 7) is 0. The van der Waals surface area contributed by atoms with Gasteiger partial charge in [0.25, 0.3) is 0 Å². The number of aromatic nitrogens is 1. The smallest absolute Gasteiger partial charge is 0.237 e. The van der Waals surface area contributed by atoms with Crippen LogP contribution in [0.2, 0.25) is 5.02 Å². The molecule has 3 nitrogen and oxygen atoms in total. The Labute approximate surface area is 133 Å². The van der Waals surface area contributed by atoms with Crippen molar-refractivity contribution in [3.63, 3.8) is 0 Å². The molecule has 0 amide bonds. The van der Waals surface area contributed by atoms with Gasteiger partial charge in [0, 0.05) is 16.8 Å². The van der Waals surface area contributed by atoms with Crippen LogP contribution in [-0.4, -0.2) is 4.98 Å². The Hall–Kier alpha value is -2.83. The van der Waals surface area contributed by atoms with Gasteiger partial charge in [0.05, 0.1) is 0 Å². The molecule has 3 rings (SSSR count). The van der Waals surface area contributed by atoms with Crippen LogP contribution in [0.15, 0.2) is 66.9 Å². The van der Waals surface area contributed by atoms with E-state index in [2.05, 4.69) is 11.1 Å². The third kappa shape index (κ3) is 3.08. The second kappa shape index (κ2) is 6.30. The molecule has 0 unspecified atom stereocenters. The largest absolute Gasteiger partial charge is 0.438 e. The number of hydrogen-bond donors (Lipinski definition) is 0. The van der Waals surface area contributed by atoms with Crippen molar-refractivity contribution in [1.29, 1.82) is 5.26 Å². The first-order valence-electron chi connectivity index (χ1n) is 6.65. The van der Waals surface area contributed by atoms with Crippen molar-refractivity contribution in [2.45, 2.75) is 0 Å². The summed E-state index contributed by atoms with van der Waals surface area (Å²) in [6.07, 6.45) is 1.68. The topological polar surface area (TPSA) is 45.9 Å². The molecular weight excluding hydrogens is 296 g/mol. The molecule has 0 aliphatic heterocycles. The molecule has 0 fully saturated rings. The molecule has 0 saturated heterocycles. The van der Waals surface area contributed by atoms with Crippen LogP contribution in [0.25, 0.3) is 11.1 Å². The highest BCUT2D eigenvalue weighted by Crippen LogP contribution is 2.27. The van der Waals surface area contributed by atoms with Gasteiger partial charge in [-0.1, -0.05) is 41.9 Å². The highest BCUT2D eigenvalue weighted by molar-refractivity contribution is 6.30. The van der Waals surface area contributed by atoms with Gasteiger partial charge >= 0.3 is 0 Å². The highest BCUT2D eigenvalue weighted by Gasteiger charge is 2.09. The van der Waals surface area contributed by atoms with Gasteiger partial charge in [-0.25, -0.2) is 4.98 Å². The molecule has 0 N–H and O–H groups in total. The van der Waals surface area contributed by atoms with Crippen LogP contribution in [0.3, 0.4) is 0 Å². The standard InChI is InChI=1S/C18H11ClN2O/c19-16-8-6-13(7-9-16)15-10-14(11-20)18(21-12-15)22-17-4-2-1-3-5-17/h1-10,12H. The SMILES string of the molecule is N#Cc1cc(-c2ccc(Cl)cc2)cnc1Oc1ccccc1. The van der Waals surface area contributed by atoms with Gasteiger partial charge in [0.15, 0.2) is 0 Å². The van der Waals surface area contributed by atoms with Crippen LogP contribution in [0, 0.1) is 11.3 Å². The maximum Gasteiger partial charge on any atom is 0.237 e. The quantitative estimate of drug-likeness (QED) is 0.679. The third-order valence-corrected chi connectivity index (χ3v) is 3.36. The normalized spacial score (nSPS) is 10.0. The molecule has 22 heavy (non-hydrogen) atoms. The minimum absolute atomic E-state index is 0.298. The molecule has 0 atom stereocenters. The van der Waals surface area contributed by atoms with Gasteiger partial charge < -0.3 is 4.74 Å². The van der Waals surface area contributed by atoms with Crippen LogP contribution in [0.1, 0.15) is 5.56 Å². The molecule has 3 aromatic rings. The summed E-state index contributed by atoms with van der Waals surface area (Å²) in [4.78, 5) is 4.27. The van der Waals surface area contributed by atoms with Crippen LogP contribution in [0.4, 0.5) is 0 Å². The Morgan fingerprint density at radius 1 is 0.955 bits per heavy atom. The molecule has 0 bridgehead atoms. The summed E-state index contributed by atoms with van der Waals surface area (Å²) in [7, 11) is 0. The molecule has 0 aliphatic carbocycles. The van der Waals surface area contributed by atoms with Crippen LogP contribution in [-0.2, 0) is 0 Å². The third-order valence-electron chi connectivity index (χ3n) is 3.11. The van der Waals surface area contributed by atoms with Crippen molar-refractivity contribution in [2.24, 2.45) is 0 Å². The second-order valence-electron chi connectivity index (χ2n) is 4.61. The maximum absolute atomic E-state index is 9.32. The minimum Gasteiger partial charge on any atom is -0.438 e. The fourth-order valence-electron chi connectivity index (χ4n) is 2.01. The molecule has 1 aromatic heterocycles. The van der Waals surface area contributed by atoms with Crippen LogP contribution in [0.5, 0.6) is 11.6 Å². The zero-order chi connectivity index (χ0) is 15.4. The minimum atomic E-state index is 0.298. The molecule has 1 heterocycles. The van der Waals surface area contributed by atoms with Crippen LogP contribution >= 0.6 is 11.6 Å². The Kier molecular flexibility index (Phi) is 4.04. The van der Waals surface area contributed by atoms with Crippen molar-refractivity contribution in [1.82, 2.24) is 4.98 Å². The first-order chi connectivity index (χ1) is 10.8. The first-order valence-corrected chi connectivity index (χ1v) is 7.03. The predicted octanol–water partition coefficient (Wildman–Crippen LogP) is 5.07. The Bertz CT molecular complexity index is 824. The maximum atomic E-state index is 9.32. The van der Waals surface area contributed by atoms with Gasteiger partial charge in [0.1, 0.15) is 17.4 Å². The van der Waals surface area contributed by atoms with Crippen molar-refractivity contribution in [3.8, 4) is 28.8 Å². The zero-order valence-corrected chi connectivity index (χ0v) is 12.3. The van der Waals surface area contributed by atoms with Gasteiger partial charge in [-0.2, -0.15) is 5.26 Å². The van der Waals surface area contributed by atoms with Gasteiger partial charge in [-0.3, -0.25) is 0 Å². The second-order valence-corrected chi connectivity index (χ2v) is 5.05. The van der Waals surface area contributed by atoms with E-state index in [1.807, 2.05) is 42.5 Å². The number of nitrogens with zero attached hydrogens (tertiary/aromatic N) is 2. The molecule has 0 radical (unpaired) electrons. The molecular formula is C18H11ClN2O. The van der Waals surface area contributed by atoms with E-state index in [-0.39, 0.29) is 0 Å². The molecule has 4 heteroatoms. The van der Waals surface area contributed by atoms with Crippen molar-refractivity contribution < 1.29 is 4.74 Å². The lowest BCUT2D eigenvalue weighted by molar-refractivity contribution is 0.461. The fourth-order valence-corrected chi connectivity index (χ4v) is 2.14. The van der Waals surface area contributed by atoms with Crippen molar-refractivity contribution >= 4 is 11.6 Å². The van der Waals surface area contributed by atoms with Crippen molar-refractivity contribution in [2.75, 3.05) is 0 Å². The van der Waals surface area contributed by atoms with E-state index < -0.39 is 0 Å². The Balaban J connectivity index is 1.94. The summed E-state index contributed by atoms with van der Waals surface area (Å²) in [6, 6.07) is 20.5. The number of ether oxygens (including phenoxy) is 1. The molecule has 0 spiro atoms. The van der Waals surface area contributed by atoms with Gasteiger partial charge in [-0.15, -0.1) is 0 Å². The lowest BCUT2D eigenvalue weighted by Crippen LogP contribution is -1.93. The monoisotopic (exact) mass is 306 g/mol. The van der Waals surface area contributed by atoms with E-state index in [1.54, 1.807) is 24.4 Å². The van der Waals surface area contributed by atoms with Gasteiger partial charge in [0.2, 0.25) is 5.88 Å². The lowest BCUT2D eigenvalue weighted by atomic mass is 10.1. The zero-order valence-electron chi connectivity index (χ0n) is 11.5. The Morgan fingerprint density at radius 3 is 2.36 bits per heavy atom. The average Bonchev–Trinajstić information content (AvgIpc) is 2.57. The average molecular weight is 307 g/mol. The van der Waals surface area contributed by atoms with E-state index in [4.69, 9.17) is 16.3 Å². The summed E-state index contributed by atoms with van der Waals surface area (Å²) in [5, 5.41) is 9.99. The van der Waals surface area contributed by atoms with E-state index in [9.17, 15) is 5.26 Å². The number of halogens is 1. The number of benzene rings is 2. The number of hydrogen-bond acceptors (Lipinski definition) is 3. The van der Waals surface area contributed by atoms with Gasteiger partial charge in [-0.05, 0) is 35.9 Å². The number of rotatable bonds is 3. The number of nitriles is 1. The van der Waals surface area contributed by atoms with Crippen molar-refractivity contribution in [3.05, 3.63) is 77.4 Å².